The van der Waals surface area contributed by atoms with E-state index in [1.807, 2.05) is 6.92 Å². The summed E-state index contributed by atoms with van der Waals surface area (Å²) >= 11 is 1.46. The molecule has 1 aromatic rings. The van der Waals surface area contributed by atoms with Crippen LogP contribution in [0, 0.1) is 0 Å². The zero-order chi connectivity index (χ0) is 15.5. The minimum absolute atomic E-state index is 0.167. The molecule has 0 saturated carbocycles. The summed E-state index contributed by atoms with van der Waals surface area (Å²) in [6.07, 6.45) is 8.09. The predicted molar refractivity (Wildman–Crippen MR) is 86.7 cm³/mol. The molecule has 21 heavy (non-hydrogen) atoms. The number of hydrogen-bond donors (Lipinski definition) is 1. The zero-order valence-corrected chi connectivity index (χ0v) is 14.2. The third-order valence-electron chi connectivity index (χ3n) is 3.23. The van der Waals surface area contributed by atoms with Gasteiger partial charge in [0.1, 0.15) is 11.1 Å². The average Bonchev–Trinajstić information content (AvgIpc) is 2.90. The van der Waals surface area contributed by atoms with Crippen LogP contribution in [0.15, 0.2) is 0 Å². The number of unbranched alkanes of at least 4 members (excludes halogenated alkanes) is 5. The van der Waals surface area contributed by atoms with E-state index in [1.165, 1.54) is 43.4 Å². The lowest BCUT2D eigenvalue weighted by Gasteiger charge is -2.09. The molecular weight excluding hydrogens is 286 g/mol. The van der Waals surface area contributed by atoms with E-state index in [2.05, 4.69) is 22.4 Å². The Balaban J connectivity index is 2.25. The van der Waals surface area contributed by atoms with Gasteiger partial charge in [-0.3, -0.25) is 10.1 Å². The fourth-order valence-electron chi connectivity index (χ4n) is 1.99. The molecule has 1 unspecified atom stereocenters. The summed E-state index contributed by atoms with van der Waals surface area (Å²) in [7, 11) is 0. The molecule has 0 aliphatic heterocycles. The van der Waals surface area contributed by atoms with E-state index in [9.17, 15) is 4.79 Å². The minimum Gasteiger partial charge on any atom is -0.369 e. The van der Waals surface area contributed by atoms with Crippen LogP contribution in [0.25, 0.3) is 0 Å². The highest BCUT2D eigenvalue weighted by molar-refractivity contribution is 7.15. The van der Waals surface area contributed by atoms with Crippen LogP contribution in [-0.2, 0) is 16.0 Å². The van der Waals surface area contributed by atoms with Gasteiger partial charge in [0.15, 0.2) is 0 Å². The highest BCUT2D eigenvalue weighted by Gasteiger charge is 2.14. The normalized spacial score (nSPS) is 12.3. The van der Waals surface area contributed by atoms with E-state index in [0.29, 0.717) is 11.7 Å². The zero-order valence-electron chi connectivity index (χ0n) is 13.4. The number of anilines is 1. The second-order valence-electron chi connectivity index (χ2n) is 5.11. The second-order valence-corrected chi connectivity index (χ2v) is 6.17. The molecule has 0 saturated heterocycles. The molecule has 0 spiro atoms. The molecule has 1 heterocycles. The predicted octanol–water partition coefficient (Wildman–Crippen LogP) is 3.80. The number of aromatic nitrogens is 2. The maximum absolute atomic E-state index is 11.8. The molecule has 0 aliphatic rings. The number of nitrogens with zero attached hydrogens (tertiary/aromatic N) is 2. The largest absolute Gasteiger partial charge is 0.369 e. The fourth-order valence-corrected chi connectivity index (χ4v) is 2.78. The lowest BCUT2D eigenvalue weighted by Crippen LogP contribution is -2.27. The molecule has 120 valence electrons. The maximum Gasteiger partial charge on any atom is 0.255 e. The third-order valence-corrected chi connectivity index (χ3v) is 4.13. The van der Waals surface area contributed by atoms with Crippen molar-refractivity contribution in [2.24, 2.45) is 0 Å². The number of nitrogens with one attached hydrogen (secondary N) is 1. The number of ether oxygens (including phenoxy) is 1. The summed E-state index contributed by atoms with van der Waals surface area (Å²) < 4.78 is 5.24. The van der Waals surface area contributed by atoms with E-state index in [1.54, 1.807) is 6.92 Å². The smallest absolute Gasteiger partial charge is 0.255 e. The molecule has 0 bridgehead atoms. The first-order chi connectivity index (χ1) is 10.2. The third kappa shape index (κ3) is 7.52. The molecule has 0 radical (unpaired) electrons. The molecule has 1 atom stereocenters. The molecule has 5 nitrogen and oxygen atoms in total. The van der Waals surface area contributed by atoms with Crippen molar-refractivity contribution in [3.05, 3.63) is 5.01 Å². The summed E-state index contributed by atoms with van der Waals surface area (Å²) in [4.78, 5) is 11.8. The van der Waals surface area contributed by atoms with Crippen LogP contribution in [0.3, 0.4) is 0 Å². The SMILES string of the molecule is CCCCCCCCc1nnc(NC(=O)C(C)OCC)s1. The van der Waals surface area contributed by atoms with Gasteiger partial charge in [-0.05, 0) is 20.3 Å². The van der Waals surface area contributed by atoms with Crippen molar-refractivity contribution in [2.45, 2.75) is 71.8 Å². The van der Waals surface area contributed by atoms with Crippen LogP contribution in [0.5, 0.6) is 0 Å². The van der Waals surface area contributed by atoms with Gasteiger partial charge in [0.2, 0.25) is 5.13 Å². The van der Waals surface area contributed by atoms with Gasteiger partial charge in [-0.25, -0.2) is 0 Å². The standard InChI is InChI=1S/C15H27N3O2S/c1-4-6-7-8-9-10-11-13-17-18-15(21-13)16-14(19)12(3)20-5-2/h12H,4-11H2,1-3H3,(H,16,18,19). The number of carbonyl (C=O) groups excluding carboxylic acids is 1. The molecular formula is C15H27N3O2S. The van der Waals surface area contributed by atoms with E-state index in [0.717, 1.165) is 17.8 Å². The number of aryl methyl sites for hydroxylation is 1. The van der Waals surface area contributed by atoms with Crippen LogP contribution < -0.4 is 5.32 Å². The molecule has 1 aromatic heterocycles. The summed E-state index contributed by atoms with van der Waals surface area (Å²) in [5.41, 5.74) is 0. The van der Waals surface area contributed by atoms with Crippen molar-refractivity contribution in [2.75, 3.05) is 11.9 Å². The van der Waals surface area contributed by atoms with Gasteiger partial charge < -0.3 is 4.74 Å². The van der Waals surface area contributed by atoms with Gasteiger partial charge in [0.05, 0.1) is 0 Å². The highest BCUT2D eigenvalue weighted by Crippen LogP contribution is 2.18. The lowest BCUT2D eigenvalue weighted by molar-refractivity contribution is -0.126. The second kappa shape index (κ2) is 10.7. The number of amides is 1. The topological polar surface area (TPSA) is 64.1 Å². The van der Waals surface area contributed by atoms with Crippen molar-refractivity contribution in [1.29, 1.82) is 0 Å². The van der Waals surface area contributed by atoms with Gasteiger partial charge in [-0.1, -0.05) is 50.4 Å². The summed E-state index contributed by atoms with van der Waals surface area (Å²) in [6.45, 7) is 6.35. The quantitative estimate of drug-likeness (QED) is 0.631. The Morgan fingerprint density at radius 1 is 1.19 bits per heavy atom. The van der Waals surface area contributed by atoms with E-state index < -0.39 is 6.10 Å². The first kappa shape index (κ1) is 18.0. The van der Waals surface area contributed by atoms with Crippen LogP contribution >= 0.6 is 11.3 Å². The van der Waals surface area contributed by atoms with Crippen LogP contribution in [0.4, 0.5) is 5.13 Å². The van der Waals surface area contributed by atoms with Gasteiger partial charge in [0, 0.05) is 13.0 Å². The molecule has 1 N–H and O–H groups in total. The first-order valence-corrected chi connectivity index (χ1v) is 8.73. The number of hydrogen-bond acceptors (Lipinski definition) is 5. The van der Waals surface area contributed by atoms with Crippen LogP contribution in [0.2, 0.25) is 0 Å². The Bertz CT molecular complexity index is 409. The summed E-state index contributed by atoms with van der Waals surface area (Å²) in [5, 5.41) is 12.4. The van der Waals surface area contributed by atoms with Crippen molar-refractivity contribution >= 4 is 22.4 Å². The number of carbonyl (C=O) groups is 1. The van der Waals surface area contributed by atoms with Gasteiger partial charge in [-0.2, -0.15) is 0 Å². The molecule has 0 aromatic carbocycles. The first-order valence-electron chi connectivity index (χ1n) is 7.92. The summed E-state index contributed by atoms with van der Waals surface area (Å²) in [6, 6.07) is 0. The van der Waals surface area contributed by atoms with Crippen molar-refractivity contribution < 1.29 is 9.53 Å². The minimum atomic E-state index is -0.457. The van der Waals surface area contributed by atoms with E-state index >= 15 is 0 Å². The molecule has 6 heteroatoms. The van der Waals surface area contributed by atoms with Gasteiger partial charge in [-0.15, -0.1) is 10.2 Å². The van der Waals surface area contributed by atoms with Crippen LogP contribution in [0.1, 0.15) is 64.3 Å². The van der Waals surface area contributed by atoms with E-state index in [4.69, 9.17) is 4.74 Å². The molecule has 1 amide bonds. The average molecular weight is 313 g/mol. The van der Waals surface area contributed by atoms with E-state index in [-0.39, 0.29) is 5.91 Å². The van der Waals surface area contributed by atoms with Gasteiger partial charge in [0.25, 0.3) is 5.91 Å². The Kier molecular flexibility index (Phi) is 9.17. The van der Waals surface area contributed by atoms with Crippen molar-refractivity contribution in [3.8, 4) is 0 Å². The van der Waals surface area contributed by atoms with Crippen molar-refractivity contribution in [1.82, 2.24) is 10.2 Å². The molecule has 0 aliphatic carbocycles. The Hall–Kier alpha value is -1.01. The monoisotopic (exact) mass is 313 g/mol. The number of rotatable bonds is 11. The highest BCUT2D eigenvalue weighted by atomic mass is 32.1. The Morgan fingerprint density at radius 2 is 1.90 bits per heavy atom. The Labute approximate surface area is 131 Å². The lowest BCUT2D eigenvalue weighted by atomic mass is 10.1. The van der Waals surface area contributed by atoms with Crippen LogP contribution in [-0.4, -0.2) is 28.8 Å². The Morgan fingerprint density at radius 3 is 2.62 bits per heavy atom. The molecule has 0 fully saturated rings. The molecule has 1 rings (SSSR count). The van der Waals surface area contributed by atoms with Crippen molar-refractivity contribution in [3.63, 3.8) is 0 Å². The maximum atomic E-state index is 11.8. The van der Waals surface area contributed by atoms with Gasteiger partial charge >= 0.3 is 0 Å². The summed E-state index contributed by atoms with van der Waals surface area (Å²) in [5.74, 6) is -0.167. The fraction of sp³-hybridized carbons (Fsp3) is 0.800.